The van der Waals surface area contributed by atoms with Crippen LogP contribution in [0.4, 0.5) is 13.2 Å². The number of nitrogens with zero attached hydrogens (tertiary/aromatic N) is 2. The first-order valence-electron chi connectivity index (χ1n) is 5.40. The van der Waals surface area contributed by atoms with Crippen LogP contribution in [0.15, 0.2) is 6.07 Å². The highest BCUT2D eigenvalue weighted by molar-refractivity contribution is 5.66. The molecule has 1 N–H and O–H groups in total. The van der Waals surface area contributed by atoms with Crippen LogP contribution < -0.4 is 0 Å². The van der Waals surface area contributed by atoms with Crippen LogP contribution in [-0.4, -0.2) is 20.9 Å². The summed E-state index contributed by atoms with van der Waals surface area (Å²) in [6.45, 7) is 4.82. The van der Waals surface area contributed by atoms with Gasteiger partial charge in [0.1, 0.15) is 5.69 Å². The zero-order valence-electron chi connectivity index (χ0n) is 10.4. The Kier molecular flexibility index (Phi) is 3.73. The van der Waals surface area contributed by atoms with E-state index >= 15 is 0 Å². The standard InChI is InChI=1S/C11H15F3N2O2/c1-10(2,3)16-8(11(12,13)14)6-7(15-16)4-5-9(17)18/h6H,4-5H2,1-3H3,(H,17,18). The summed E-state index contributed by atoms with van der Waals surface area (Å²) < 4.78 is 39.3. The second-order valence-corrected chi connectivity index (χ2v) is 5.00. The molecule has 0 aliphatic carbocycles. The Morgan fingerprint density at radius 2 is 1.94 bits per heavy atom. The Hall–Kier alpha value is -1.53. The molecule has 0 spiro atoms. The smallest absolute Gasteiger partial charge is 0.433 e. The van der Waals surface area contributed by atoms with Crippen LogP contribution in [0.5, 0.6) is 0 Å². The lowest BCUT2D eigenvalue weighted by molar-refractivity contribution is -0.146. The second-order valence-electron chi connectivity index (χ2n) is 5.00. The molecule has 0 amide bonds. The number of carboxylic acid groups (broad SMARTS) is 1. The molecule has 4 nitrogen and oxygen atoms in total. The van der Waals surface area contributed by atoms with Crippen LogP contribution in [0, 0.1) is 0 Å². The minimum absolute atomic E-state index is 0.0124. The summed E-state index contributed by atoms with van der Waals surface area (Å²) in [5.41, 5.74) is -1.53. The molecule has 0 bridgehead atoms. The van der Waals surface area contributed by atoms with Crippen molar-refractivity contribution in [2.24, 2.45) is 0 Å². The van der Waals surface area contributed by atoms with E-state index in [1.54, 1.807) is 20.8 Å². The van der Waals surface area contributed by atoms with E-state index in [4.69, 9.17) is 5.11 Å². The maximum absolute atomic E-state index is 12.8. The third kappa shape index (κ3) is 3.48. The summed E-state index contributed by atoms with van der Waals surface area (Å²) in [4.78, 5) is 10.4. The molecule has 1 aromatic heterocycles. The van der Waals surface area contributed by atoms with Gasteiger partial charge in [0, 0.05) is 6.42 Å². The summed E-state index contributed by atoms with van der Waals surface area (Å²) in [6, 6.07) is 0.911. The number of aryl methyl sites for hydroxylation is 1. The molecular weight excluding hydrogens is 249 g/mol. The first-order valence-corrected chi connectivity index (χ1v) is 5.40. The molecule has 0 aliphatic rings. The Bertz CT molecular complexity index is 413. The van der Waals surface area contributed by atoms with Gasteiger partial charge < -0.3 is 5.11 Å². The van der Waals surface area contributed by atoms with Gasteiger partial charge in [-0.1, -0.05) is 0 Å². The Balaban J connectivity index is 3.12. The SMILES string of the molecule is CC(C)(C)n1nc(CCC(=O)O)cc1C(F)(F)F. The first-order chi connectivity index (χ1) is 8.01. The van der Waals surface area contributed by atoms with Gasteiger partial charge in [0.2, 0.25) is 0 Å². The van der Waals surface area contributed by atoms with Crippen molar-refractivity contribution in [1.82, 2.24) is 9.78 Å². The highest BCUT2D eigenvalue weighted by Gasteiger charge is 2.38. The molecule has 1 heterocycles. The van der Waals surface area contributed by atoms with Gasteiger partial charge in [0.25, 0.3) is 0 Å². The van der Waals surface area contributed by atoms with Gasteiger partial charge in [-0.05, 0) is 26.8 Å². The van der Waals surface area contributed by atoms with Crippen molar-refractivity contribution in [3.8, 4) is 0 Å². The fraction of sp³-hybridized carbons (Fsp3) is 0.636. The van der Waals surface area contributed by atoms with Crippen LogP contribution in [0.3, 0.4) is 0 Å². The maximum Gasteiger partial charge on any atom is 0.433 e. The highest BCUT2D eigenvalue weighted by atomic mass is 19.4. The number of alkyl halides is 3. The highest BCUT2D eigenvalue weighted by Crippen LogP contribution is 2.33. The molecule has 0 unspecified atom stereocenters. The lowest BCUT2D eigenvalue weighted by Gasteiger charge is -2.23. The summed E-state index contributed by atoms with van der Waals surface area (Å²) in [7, 11) is 0. The topological polar surface area (TPSA) is 55.1 Å². The predicted molar refractivity (Wildman–Crippen MR) is 58.2 cm³/mol. The molecule has 0 saturated heterocycles. The Labute approximate surface area is 102 Å². The quantitative estimate of drug-likeness (QED) is 0.913. The molecule has 102 valence electrons. The number of carbonyl (C=O) groups is 1. The van der Waals surface area contributed by atoms with Crippen molar-refractivity contribution in [3.63, 3.8) is 0 Å². The van der Waals surface area contributed by atoms with E-state index in [0.717, 1.165) is 10.7 Å². The monoisotopic (exact) mass is 264 g/mol. The normalized spacial score (nSPS) is 12.8. The van der Waals surface area contributed by atoms with Crippen LogP contribution in [0.2, 0.25) is 0 Å². The van der Waals surface area contributed by atoms with Gasteiger partial charge in [0.15, 0.2) is 0 Å². The van der Waals surface area contributed by atoms with E-state index in [9.17, 15) is 18.0 Å². The average molecular weight is 264 g/mol. The summed E-state index contributed by atoms with van der Waals surface area (Å²) in [5, 5.41) is 12.4. The number of aliphatic carboxylic acids is 1. The average Bonchev–Trinajstić information content (AvgIpc) is 2.56. The molecule has 0 fully saturated rings. The van der Waals surface area contributed by atoms with Crippen molar-refractivity contribution in [2.75, 3.05) is 0 Å². The predicted octanol–water partition coefficient (Wildman–Crippen LogP) is 2.67. The van der Waals surface area contributed by atoms with E-state index in [2.05, 4.69) is 5.10 Å². The number of hydrogen-bond donors (Lipinski definition) is 1. The molecule has 0 aromatic carbocycles. The summed E-state index contributed by atoms with van der Waals surface area (Å²) in [6.07, 6.45) is -4.75. The van der Waals surface area contributed by atoms with Crippen molar-refractivity contribution in [2.45, 2.75) is 45.3 Å². The third-order valence-corrected chi connectivity index (χ3v) is 2.28. The minimum atomic E-state index is -4.50. The van der Waals surface area contributed by atoms with Gasteiger partial charge in [-0.15, -0.1) is 0 Å². The summed E-state index contributed by atoms with van der Waals surface area (Å²) >= 11 is 0. The molecule has 0 radical (unpaired) electrons. The van der Waals surface area contributed by atoms with Gasteiger partial charge in [-0.25, -0.2) is 0 Å². The van der Waals surface area contributed by atoms with Gasteiger partial charge in [-0.3, -0.25) is 9.48 Å². The zero-order valence-corrected chi connectivity index (χ0v) is 10.4. The molecule has 18 heavy (non-hydrogen) atoms. The molecule has 0 aliphatic heterocycles. The number of halogens is 3. The van der Waals surface area contributed by atoms with Crippen LogP contribution >= 0.6 is 0 Å². The molecule has 1 rings (SSSR count). The van der Waals surface area contributed by atoms with Crippen LogP contribution in [-0.2, 0) is 22.9 Å². The lowest BCUT2D eigenvalue weighted by atomic mass is 10.1. The van der Waals surface area contributed by atoms with Crippen LogP contribution in [0.25, 0.3) is 0 Å². The maximum atomic E-state index is 12.8. The fourth-order valence-electron chi connectivity index (χ4n) is 1.50. The molecule has 7 heteroatoms. The van der Waals surface area contributed by atoms with Crippen molar-refractivity contribution >= 4 is 5.97 Å². The number of aromatic nitrogens is 2. The molecule has 0 saturated carbocycles. The minimum Gasteiger partial charge on any atom is -0.481 e. The van der Waals surface area contributed by atoms with Crippen molar-refractivity contribution in [3.05, 3.63) is 17.5 Å². The molecule has 1 aromatic rings. The molecule has 0 atom stereocenters. The molecular formula is C11H15F3N2O2. The van der Waals surface area contributed by atoms with Gasteiger partial charge >= 0.3 is 12.1 Å². The number of rotatable bonds is 3. The zero-order chi connectivity index (χ0) is 14.1. The van der Waals surface area contributed by atoms with Gasteiger partial charge in [0.05, 0.1) is 17.7 Å². The van der Waals surface area contributed by atoms with E-state index in [-0.39, 0.29) is 18.5 Å². The van der Waals surface area contributed by atoms with E-state index in [1.165, 1.54) is 0 Å². The third-order valence-electron chi connectivity index (χ3n) is 2.28. The Morgan fingerprint density at radius 3 is 2.28 bits per heavy atom. The van der Waals surface area contributed by atoms with E-state index in [1.807, 2.05) is 0 Å². The van der Waals surface area contributed by atoms with Crippen LogP contribution in [0.1, 0.15) is 38.6 Å². The fourth-order valence-corrected chi connectivity index (χ4v) is 1.50. The summed E-state index contributed by atoms with van der Waals surface area (Å²) in [5.74, 6) is -1.06. The number of carboxylic acids is 1. The van der Waals surface area contributed by atoms with Gasteiger partial charge in [-0.2, -0.15) is 18.3 Å². The first kappa shape index (κ1) is 14.5. The van der Waals surface area contributed by atoms with Crippen molar-refractivity contribution in [1.29, 1.82) is 0 Å². The second kappa shape index (κ2) is 4.62. The van der Waals surface area contributed by atoms with E-state index < -0.39 is 23.4 Å². The Morgan fingerprint density at radius 1 is 1.39 bits per heavy atom. The van der Waals surface area contributed by atoms with Crippen molar-refractivity contribution < 1.29 is 23.1 Å². The largest absolute Gasteiger partial charge is 0.481 e. The lowest BCUT2D eigenvalue weighted by Crippen LogP contribution is -2.28. The number of hydrogen-bond acceptors (Lipinski definition) is 2. The van der Waals surface area contributed by atoms with E-state index in [0.29, 0.717) is 0 Å².